The summed E-state index contributed by atoms with van der Waals surface area (Å²) in [5.74, 6) is -1.36. The van der Waals surface area contributed by atoms with Crippen LogP contribution in [0.3, 0.4) is 0 Å². The standard InChI is InChI=1S/C13H18N2O3/c1-8(2)11(14)12(16)15(3)10-7-5-4-6-9(10)13(17)18/h4-8,11H,14H2,1-3H3,(H,17,18). The second-order valence-corrected chi connectivity index (χ2v) is 4.49. The zero-order valence-electron chi connectivity index (χ0n) is 10.8. The minimum absolute atomic E-state index is 0.00283. The molecule has 1 rings (SSSR count). The summed E-state index contributed by atoms with van der Waals surface area (Å²) in [5, 5.41) is 9.07. The minimum Gasteiger partial charge on any atom is -0.478 e. The van der Waals surface area contributed by atoms with Crippen molar-refractivity contribution < 1.29 is 14.7 Å². The van der Waals surface area contributed by atoms with E-state index in [0.29, 0.717) is 5.69 Å². The van der Waals surface area contributed by atoms with Crippen molar-refractivity contribution in [2.45, 2.75) is 19.9 Å². The van der Waals surface area contributed by atoms with Gasteiger partial charge in [0.15, 0.2) is 0 Å². The molecule has 0 aliphatic carbocycles. The second-order valence-electron chi connectivity index (χ2n) is 4.49. The average Bonchev–Trinajstić information content (AvgIpc) is 2.35. The van der Waals surface area contributed by atoms with Crippen LogP contribution in [0.2, 0.25) is 0 Å². The van der Waals surface area contributed by atoms with Crippen LogP contribution in [0, 0.1) is 5.92 Å². The summed E-state index contributed by atoms with van der Waals surface area (Å²) < 4.78 is 0. The van der Waals surface area contributed by atoms with Crippen LogP contribution >= 0.6 is 0 Å². The number of hydrogen-bond acceptors (Lipinski definition) is 3. The number of nitrogens with two attached hydrogens (primary N) is 1. The van der Waals surface area contributed by atoms with Gasteiger partial charge in [-0.1, -0.05) is 26.0 Å². The van der Waals surface area contributed by atoms with Gasteiger partial charge in [-0.3, -0.25) is 4.79 Å². The molecule has 0 fully saturated rings. The SMILES string of the molecule is CC(C)C(N)C(=O)N(C)c1ccccc1C(=O)O. The summed E-state index contributed by atoms with van der Waals surface area (Å²) >= 11 is 0. The number of rotatable bonds is 4. The van der Waals surface area contributed by atoms with Crippen molar-refractivity contribution in [3.05, 3.63) is 29.8 Å². The molecule has 1 aromatic rings. The fraction of sp³-hybridized carbons (Fsp3) is 0.385. The van der Waals surface area contributed by atoms with E-state index in [1.165, 1.54) is 18.0 Å². The van der Waals surface area contributed by atoms with Crippen LogP contribution in [-0.2, 0) is 4.79 Å². The van der Waals surface area contributed by atoms with Crippen molar-refractivity contribution >= 4 is 17.6 Å². The molecule has 0 aromatic heterocycles. The molecule has 0 aliphatic rings. The maximum absolute atomic E-state index is 12.1. The number of carboxylic acid groups (broad SMARTS) is 1. The molecule has 1 aromatic carbocycles. The topological polar surface area (TPSA) is 83.6 Å². The number of aromatic carboxylic acids is 1. The molecule has 98 valence electrons. The predicted molar refractivity (Wildman–Crippen MR) is 69.6 cm³/mol. The van der Waals surface area contributed by atoms with E-state index in [4.69, 9.17) is 10.8 Å². The second kappa shape index (κ2) is 5.64. The number of carbonyl (C=O) groups is 2. The third-order valence-electron chi connectivity index (χ3n) is 2.83. The number of anilines is 1. The lowest BCUT2D eigenvalue weighted by atomic mass is 10.0. The fourth-order valence-corrected chi connectivity index (χ4v) is 1.57. The summed E-state index contributed by atoms with van der Waals surface area (Å²) in [7, 11) is 1.53. The Morgan fingerprint density at radius 3 is 2.33 bits per heavy atom. The maximum atomic E-state index is 12.1. The van der Waals surface area contributed by atoms with Crippen LogP contribution in [0.4, 0.5) is 5.69 Å². The van der Waals surface area contributed by atoms with Crippen LogP contribution < -0.4 is 10.6 Å². The zero-order valence-corrected chi connectivity index (χ0v) is 10.8. The number of carbonyl (C=O) groups excluding carboxylic acids is 1. The Labute approximate surface area is 106 Å². The van der Waals surface area contributed by atoms with E-state index in [1.54, 1.807) is 18.2 Å². The van der Waals surface area contributed by atoms with Gasteiger partial charge in [-0.05, 0) is 18.1 Å². The van der Waals surface area contributed by atoms with E-state index < -0.39 is 12.0 Å². The van der Waals surface area contributed by atoms with Crippen molar-refractivity contribution in [2.24, 2.45) is 11.7 Å². The molecular weight excluding hydrogens is 232 g/mol. The van der Waals surface area contributed by atoms with Gasteiger partial charge in [0.1, 0.15) is 0 Å². The van der Waals surface area contributed by atoms with Crippen LogP contribution in [-0.4, -0.2) is 30.1 Å². The molecule has 0 aliphatic heterocycles. The average molecular weight is 250 g/mol. The fourth-order valence-electron chi connectivity index (χ4n) is 1.57. The highest BCUT2D eigenvalue weighted by Gasteiger charge is 2.24. The molecule has 18 heavy (non-hydrogen) atoms. The summed E-state index contributed by atoms with van der Waals surface area (Å²) in [4.78, 5) is 24.5. The Morgan fingerprint density at radius 2 is 1.83 bits per heavy atom. The zero-order chi connectivity index (χ0) is 13.9. The molecule has 0 saturated carbocycles. The number of likely N-dealkylation sites (N-methyl/N-ethyl adjacent to an activating group) is 1. The molecular formula is C13H18N2O3. The first kappa shape index (κ1) is 14.2. The van der Waals surface area contributed by atoms with Crippen molar-refractivity contribution in [2.75, 3.05) is 11.9 Å². The normalized spacial score (nSPS) is 12.3. The molecule has 3 N–H and O–H groups in total. The van der Waals surface area contributed by atoms with Crippen LogP contribution in [0.1, 0.15) is 24.2 Å². The Kier molecular flexibility index (Phi) is 4.44. The third kappa shape index (κ3) is 2.87. The number of benzene rings is 1. The Hall–Kier alpha value is -1.88. The molecule has 0 bridgehead atoms. The first-order valence-corrected chi connectivity index (χ1v) is 5.71. The van der Waals surface area contributed by atoms with Gasteiger partial charge in [-0.15, -0.1) is 0 Å². The molecule has 5 nitrogen and oxygen atoms in total. The molecule has 1 atom stereocenters. The quantitative estimate of drug-likeness (QED) is 0.844. The van der Waals surface area contributed by atoms with E-state index in [9.17, 15) is 9.59 Å². The van der Waals surface area contributed by atoms with E-state index in [-0.39, 0.29) is 17.4 Å². The van der Waals surface area contributed by atoms with E-state index >= 15 is 0 Å². The smallest absolute Gasteiger partial charge is 0.337 e. The number of para-hydroxylation sites is 1. The lowest BCUT2D eigenvalue weighted by molar-refractivity contribution is -0.120. The van der Waals surface area contributed by atoms with Gasteiger partial charge >= 0.3 is 5.97 Å². The van der Waals surface area contributed by atoms with Crippen molar-refractivity contribution in [1.82, 2.24) is 0 Å². The van der Waals surface area contributed by atoms with Gasteiger partial charge in [-0.2, -0.15) is 0 Å². The van der Waals surface area contributed by atoms with Gasteiger partial charge in [0.05, 0.1) is 17.3 Å². The lowest BCUT2D eigenvalue weighted by Crippen LogP contribution is -2.45. The van der Waals surface area contributed by atoms with E-state index in [1.807, 2.05) is 13.8 Å². The first-order valence-electron chi connectivity index (χ1n) is 5.71. The Bertz CT molecular complexity index is 457. The van der Waals surface area contributed by atoms with E-state index in [0.717, 1.165) is 0 Å². The number of amides is 1. The highest BCUT2D eigenvalue weighted by molar-refractivity contribution is 6.03. The predicted octanol–water partition coefficient (Wildman–Crippen LogP) is 1.33. The van der Waals surface area contributed by atoms with Gasteiger partial charge in [0, 0.05) is 7.05 Å². The van der Waals surface area contributed by atoms with Crippen LogP contribution in [0.25, 0.3) is 0 Å². The molecule has 1 amide bonds. The van der Waals surface area contributed by atoms with Crippen molar-refractivity contribution in [3.63, 3.8) is 0 Å². The first-order chi connectivity index (χ1) is 8.36. The largest absolute Gasteiger partial charge is 0.478 e. The number of nitrogens with zero attached hydrogens (tertiary/aromatic N) is 1. The summed E-state index contributed by atoms with van der Waals surface area (Å²) in [6.07, 6.45) is 0. The number of carboxylic acids is 1. The van der Waals surface area contributed by atoms with Crippen LogP contribution in [0.5, 0.6) is 0 Å². The molecule has 0 heterocycles. The van der Waals surface area contributed by atoms with Crippen molar-refractivity contribution in [1.29, 1.82) is 0 Å². The Balaban J connectivity index is 3.07. The van der Waals surface area contributed by atoms with Crippen molar-refractivity contribution in [3.8, 4) is 0 Å². The highest BCUT2D eigenvalue weighted by atomic mass is 16.4. The van der Waals surface area contributed by atoms with Gasteiger partial charge < -0.3 is 15.7 Å². The van der Waals surface area contributed by atoms with E-state index in [2.05, 4.69) is 0 Å². The third-order valence-corrected chi connectivity index (χ3v) is 2.83. The van der Waals surface area contributed by atoms with Gasteiger partial charge in [-0.25, -0.2) is 4.79 Å². The van der Waals surface area contributed by atoms with Gasteiger partial charge in [0.2, 0.25) is 5.91 Å². The number of hydrogen-bond donors (Lipinski definition) is 2. The monoisotopic (exact) mass is 250 g/mol. The summed E-state index contributed by atoms with van der Waals surface area (Å²) in [5.41, 5.74) is 6.23. The molecule has 0 radical (unpaired) electrons. The maximum Gasteiger partial charge on any atom is 0.337 e. The lowest BCUT2D eigenvalue weighted by Gasteiger charge is -2.24. The minimum atomic E-state index is -1.07. The van der Waals surface area contributed by atoms with Crippen LogP contribution in [0.15, 0.2) is 24.3 Å². The summed E-state index contributed by atoms with van der Waals surface area (Å²) in [6, 6.07) is 5.72. The molecule has 1 unspecified atom stereocenters. The van der Waals surface area contributed by atoms with Gasteiger partial charge in [0.25, 0.3) is 0 Å². The molecule has 0 spiro atoms. The molecule has 5 heteroatoms. The summed E-state index contributed by atoms with van der Waals surface area (Å²) in [6.45, 7) is 3.69. The highest BCUT2D eigenvalue weighted by Crippen LogP contribution is 2.20. The Morgan fingerprint density at radius 1 is 1.28 bits per heavy atom. The molecule has 0 saturated heterocycles.